The van der Waals surface area contributed by atoms with E-state index >= 15 is 0 Å². The van der Waals surface area contributed by atoms with Gasteiger partial charge in [0.25, 0.3) is 0 Å². The van der Waals surface area contributed by atoms with Crippen LogP contribution in [-0.4, -0.2) is 31.1 Å². The van der Waals surface area contributed by atoms with Crippen LogP contribution >= 0.6 is 0 Å². The summed E-state index contributed by atoms with van der Waals surface area (Å²) in [5.74, 6) is 0. The molecular formula is C15H23N2. The molecular weight excluding hydrogens is 208 g/mol. The minimum absolute atomic E-state index is 1.14. The first-order chi connectivity index (χ1) is 8.29. The summed E-state index contributed by atoms with van der Waals surface area (Å²) in [6, 6.07) is 8.82. The highest BCUT2D eigenvalue weighted by atomic mass is 15.3. The van der Waals surface area contributed by atoms with Gasteiger partial charge in [-0.25, -0.2) is 0 Å². The lowest BCUT2D eigenvalue weighted by molar-refractivity contribution is 0.303. The maximum atomic E-state index is 2.49. The number of nitrogens with zero attached hydrogens (tertiary/aromatic N) is 2. The second-order valence-electron chi connectivity index (χ2n) is 4.83. The minimum Gasteiger partial charge on any atom is -0.369 e. The second-order valence-corrected chi connectivity index (χ2v) is 4.83. The summed E-state index contributed by atoms with van der Waals surface area (Å²) in [6.07, 6.45) is 2.46. The van der Waals surface area contributed by atoms with Crippen LogP contribution in [0.2, 0.25) is 0 Å². The molecule has 1 aliphatic heterocycles. The van der Waals surface area contributed by atoms with Crippen molar-refractivity contribution >= 4 is 5.69 Å². The molecule has 2 nitrogen and oxygen atoms in total. The zero-order valence-corrected chi connectivity index (χ0v) is 11.0. The van der Waals surface area contributed by atoms with E-state index in [1.54, 1.807) is 0 Å². The molecule has 0 aromatic heterocycles. The van der Waals surface area contributed by atoms with Crippen molar-refractivity contribution in [2.45, 2.75) is 26.7 Å². The Hall–Kier alpha value is -1.02. The first kappa shape index (κ1) is 12.4. The van der Waals surface area contributed by atoms with Gasteiger partial charge in [-0.2, -0.15) is 0 Å². The Bertz CT molecular complexity index is 341. The number of unbranched alkanes of at least 4 members (excludes halogenated alkanes) is 1. The molecule has 1 saturated heterocycles. The van der Waals surface area contributed by atoms with Gasteiger partial charge < -0.3 is 4.90 Å². The molecule has 0 N–H and O–H groups in total. The minimum atomic E-state index is 1.14. The Labute approximate surface area is 105 Å². The number of piperazine rings is 1. The lowest BCUT2D eigenvalue weighted by Crippen LogP contribution is -2.45. The lowest BCUT2D eigenvalue weighted by Gasteiger charge is -2.36. The van der Waals surface area contributed by atoms with Crippen LogP contribution in [0, 0.1) is 13.5 Å². The van der Waals surface area contributed by atoms with Gasteiger partial charge in [-0.1, -0.05) is 25.5 Å². The molecule has 1 aromatic carbocycles. The smallest absolute Gasteiger partial charge is 0.0369 e. The maximum absolute atomic E-state index is 2.49. The SMILES string of the molecule is CCC[CH]N1CCN(c2cccc(C)c2)CC1. The summed E-state index contributed by atoms with van der Waals surface area (Å²) in [5, 5.41) is 0. The Morgan fingerprint density at radius 1 is 1.18 bits per heavy atom. The third kappa shape index (κ3) is 3.47. The van der Waals surface area contributed by atoms with Crippen LogP contribution < -0.4 is 4.90 Å². The van der Waals surface area contributed by atoms with Gasteiger partial charge in [0.2, 0.25) is 0 Å². The summed E-state index contributed by atoms with van der Waals surface area (Å²) >= 11 is 0. The van der Waals surface area contributed by atoms with Crippen molar-refractivity contribution < 1.29 is 0 Å². The molecule has 0 amide bonds. The Morgan fingerprint density at radius 2 is 1.94 bits per heavy atom. The Balaban J connectivity index is 1.86. The molecule has 2 heteroatoms. The molecule has 0 saturated carbocycles. The number of anilines is 1. The van der Waals surface area contributed by atoms with Gasteiger partial charge >= 0.3 is 0 Å². The topological polar surface area (TPSA) is 6.48 Å². The van der Waals surface area contributed by atoms with Crippen molar-refractivity contribution in [2.75, 3.05) is 31.1 Å². The third-order valence-electron chi connectivity index (χ3n) is 3.36. The van der Waals surface area contributed by atoms with Crippen LogP contribution in [0.5, 0.6) is 0 Å². The van der Waals surface area contributed by atoms with E-state index < -0.39 is 0 Å². The van der Waals surface area contributed by atoms with Crippen LogP contribution in [0.15, 0.2) is 24.3 Å². The van der Waals surface area contributed by atoms with Crippen molar-refractivity contribution in [1.29, 1.82) is 0 Å². The van der Waals surface area contributed by atoms with E-state index in [9.17, 15) is 0 Å². The normalized spacial score (nSPS) is 17.4. The first-order valence-electron chi connectivity index (χ1n) is 6.68. The Kier molecular flexibility index (Phi) is 4.43. The van der Waals surface area contributed by atoms with Crippen molar-refractivity contribution in [2.24, 2.45) is 0 Å². The highest BCUT2D eigenvalue weighted by Gasteiger charge is 2.16. The summed E-state index contributed by atoms with van der Waals surface area (Å²) in [7, 11) is 0. The summed E-state index contributed by atoms with van der Waals surface area (Å²) in [5.41, 5.74) is 2.72. The molecule has 0 unspecified atom stereocenters. The number of aryl methyl sites for hydroxylation is 1. The molecule has 1 fully saturated rings. The molecule has 1 radical (unpaired) electrons. The molecule has 0 bridgehead atoms. The average molecular weight is 231 g/mol. The standard InChI is InChI=1S/C15H23N2/c1-3-4-8-16-9-11-17(12-10-16)15-7-5-6-14(2)13-15/h5-8,13H,3-4,9-12H2,1-2H3. The third-order valence-corrected chi connectivity index (χ3v) is 3.36. The molecule has 1 heterocycles. The molecule has 2 rings (SSSR count). The lowest BCUT2D eigenvalue weighted by atomic mass is 10.2. The highest BCUT2D eigenvalue weighted by molar-refractivity contribution is 5.48. The number of hydrogen-bond donors (Lipinski definition) is 0. The van der Waals surface area contributed by atoms with Crippen molar-refractivity contribution in [3.8, 4) is 0 Å². The second kappa shape index (κ2) is 6.06. The van der Waals surface area contributed by atoms with Crippen molar-refractivity contribution in [3.05, 3.63) is 36.4 Å². The van der Waals surface area contributed by atoms with Crippen LogP contribution in [0.4, 0.5) is 5.69 Å². The van der Waals surface area contributed by atoms with Gasteiger partial charge in [-0.3, -0.25) is 4.90 Å². The highest BCUT2D eigenvalue weighted by Crippen LogP contribution is 2.18. The van der Waals surface area contributed by atoms with Crippen molar-refractivity contribution in [1.82, 2.24) is 4.90 Å². The predicted octanol–water partition coefficient (Wildman–Crippen LogP) is 3.08. The van der Waals surface area contributed by atoms with E-state index in [2.05, 4.69) is 54.5 Å². The van der Waals surface area contributed by atoms with Gasteiger partial charge in [-0.05, 0) is 31.0 Å². The monoisotopic (exact) mass is 231 g/mol. The van der Waals surface area contributed by atoms with E-state index in [0.29, 0.717) is 0 Å². The number of hydrogen-bond acceptors (Lipinski definition) is 2. The van der Waals surface area contributed by atoms with Gasteiger partial charge in [0.05, 0.1) is 0 Å². The molecule has 1 aliphatic rings. The largest absolute Gasteiger partial charge is 0.369 e. The summed E-state index contributed by atoms with van der Waals surface area (Å²) in [4.78, 5) is 4.96. The Morgan fingerprint density at radius 3 is 2.59 bits per heavy atom. The fourth-order valence-corrected chi connectivity index (χ4v) is 2.30. The predicted molar refractivity (Wildman–Crippen MR) is 74.2 cm³/mol. The van der Waals surface area contributed by atoms with Crippen LogP contribution in [0.3, 0.4) is 0 Å². The number of rotatable bonds is 4. The summed E-state index contributed by atoms with van der Waals surface area (Å²) < 4.78 is 0. The van der Waals surface area contributed by atoms with E-state index in [1.165, 1.54) is 24.1 Å². The van der Waals surface area contributed by atoms with Gasteiger partial charge in [0.1, 0.15) is 0 Å². The molecule has 93 valence electrons. The quantitative estimate of drug-likeness (QED) is 0.785. The maximum Gasteiger partial charge on any atom is 0.0369 e. The van der Waals surface area contributed by atoms with Crippen LogP contribution in [0.1, 0.15) is 25.3 Å². The first-order valence-corrected chi connectivity index (χ1v) is 6.68. The fraction of sp³-hybridized carbons (Fsp3) is 0.533. The average Bonchev–Trinajstić information content (AvgIpc) is 2.37. The van der Waals surface area contributed by atoms with Crippen molar-refractivity contribution in [3.63, 3.8) is 0 Å². The zero-order valence-electron chi connectivity index (χ0n) is 11.0. The van der Waals surface area contributed by atoms with Gasteiger partial charge in [-0.15, -0.1) is 0 Å². The molecule has 0 spiro atoms. The summed E-state index contributed by atoms with van der Waals surface area (Å²) in [6.45, 7) is 11.4. The van der Waals surface area contributed by atoms with Crippen LogP contribution in [-0.2, 0) is 0 Å². The van der Waals surface area contributed by atoms with Gasteiger partial charge in [0, 0.05) is 38.4 Å². The molecule has 0 atom stereocenters. The van der Waals surface area contributed by atoms with E-state index in [1.807, 2.05) is 0 Å². The van der Waals surface area contributed by atoms with E-state index in [-0.39, 0.29) is 0 Å². The molecule has 1 aromatic rings. The van der Waals surface area contributed by atoms with E-state index in [0.717, 1.165) is 26.2 Å². The zero-order chi connectivity index (χ0) is 12.1. The molecule has 0 aliphatic carbocycles. The van der Waals surface area contributed by atoms with E-state index in [4.69, 9.17) is 0 Å². The molecule has 17 heavy (non-hydrogen) atoms. The fourth-order valence-electron chi connectivity index (χ4n) is 2.30. The van der Waals surface area contributed by atoms with Crippen LogP contribution in [0.25, 0.3) is 0 Å². The number of benzene rings is 1. The van der Waals surface area contributed by atoms with Gasteiger partial charge in [0.15, 0.2) is 0 Å².